The summed E-state index contributed by atoms with van der Waals surface area (Å²) in [6, 6.07) is 18.5. The van der Waals surface area contributed by atoms with Gasteiger partial charge in [-0.15, -0.1) is 11.8 Å². The molecular weight excluding hydrogens is 552 g/mol. The molecule has 0 saturated carbocycles. The Morgan fingerprint density at radius 2 is 1.42 bits per heavy atom. The smallest absolute Gasteiger partial charge is 0.341 e. The number of hydrogen-bond acceptors (Lipinski definition) is 9. The molecule has 38 heavy (non-hydrogen) atoms. The summed E-state index contributed by atoms with van der Waals surface area (Å²) in [5, 5.41) is 8.81. The van der Waals surface area contributed by atoms with Crippen molar-refractivity contribution in [3.63, 3.8) is 0 Å². The molecular formula is C26H26O9S3. The quantitative estimate of drug-likeness (QED) is 0.244. The summed E-state index contributed by atoms with van der Waals surface area (Å²) in [4.78, 5) is 11.7. The average molecular weight is 579 g/mol. The van der Waals surface area contributed by atoms with Crippen LogP contribution in [0.3, 0.4) is 0 Å². The van der Waals surface area contributed by atoms with Crippen LogP contribution in [0.15, 0.2) is 77.7 Å². The van der Waals surface area contributed by atoms with E-state index in [4.69, 9.17) is 18.2 Å². The largest absolute Gasteiger partial charge is 0.482 e. The first-order chi connectivity index (χ1) is 17.8. The highest BCUT2D eigenvalue weighted by molar-refractivity contribution is 7.99. The van der Waals surface area contributed by atoms with Crippen molar-refractivity contribution in [2.75, 3.05) is 24.9 Å². The molecule has 0 aliphatic heterocycles. The Bertz CT molecular complexity index is 1480. The molecule has 0 saturated heterocycles. The second kappa shape index (κ2) is 12.4. The lowest BCUT2D eigenvalue weighted by Crippen LogP contribution is -2.09. The number of benzene rings is 3. The third kappa shape index (κ3) is 9.43. The van der Waals surface area contributed by atoms with Crippen molar-refractivity contribution >= 4 is 43.5 Å². The Kier molecular flexibility index (Phi) is 9.47. The summed E-state index contributed by atoms with van der Waals surface area (Å²) in [5.74, 6) is 0.202. The minimum atomic E-state index is -3.73. The van der Waals surface area contributed by atoms with E-state index in [-0.39, 0.29) is 11.5 Å². The van der Waals surface area contributed by atoms with Crippen LogP contribution in [0.2, 0.25) is 0 Å². The van der Waals surface area contributed by atoms with Gasteiger partial charge in [0.25, 0.3) is 0 Å². The molecule has 0 aliphatic carbocycles. The Hall–Kier alpha value is -3.48. The fourth-order valence-electron chi connectivity index (χ4n) is 3.42. The highest BCUT2D eigenvalue weighted by Gasteiger charge is 2.12. The predicted octanol–water partition coefficient (Wildman–Crippen LogP) is 4.36. The Morgan fingerprint density at radius 3 is 1.89 bits per heavy atom. The van der Waals surface area contributed by atoms with Crippen LogP contribution in [0.5, 0.6) is 17.2 Å². The van der Waals surface area contributed by atoms with Gasteiger partial charge < -0.3 is 18.2 Å². The van der Waals surface area contributed by atoms with Gasteiger partial charge in [0.15, 0.2) is 6.61 Å². The summed E-state index contributed by atoms with van der Waals surface area (Å²) >= 11 is 1.51. The fourth-order valence-corrected chi connectivity index (χ4v) is 5.19. The van der Waals surface area contributed by atoms with Crippen molar-refractivity contribution in [3.05, 3.63) is 89.5 Å². The van der Waals surface area contributed by atoms with Gasteiger partial charge in [0.2, 0.25) is 0 Å². The third-order valence-corrected chi connectivity index (χ3v) is 6.73. The summed E-state index contributed by atoms with van der Waals surface area (Å²) in [5.41, 5.74) is 2.79. The van der Waals surface area contributed by atoms with Crippen molar-refractivity contribution < 1.29 is 39.8 Å². The number of carbonyl (C=O) groups is 1. The predicted molar refractivity (Wildman–Crippen MR) is 146 cm³/mol. The topological polar surface area (TPSA) is 133 Å². The number of hydrogen-bond donors (Lipinski definition) is 1. The number of carboxylic acids is 1. The molecule has 0 amide bonds. The molecule has 9 nitrogen and oxygen atoms in total. The number of aryl methyl sites for hydroxylation is 1. The Balaban J connectivity index is 1.93. The second-order valence-electron chi connectivity index (χ2n) is 8.17. The number of rotatable bonds is 12. The first kappa shape index (κ1) is 29.1. The zero-order chi connectivity index (χ0) is 27.9. The van der Waals surface area contributed by atoms with Crippen LogP contribution in [-0.4, -0.2) is 52.8 Å². The SMILES string of the molecule is Cc1cc(SCC=C(c2cccc(OS(C)(=O)=O)c2)c2cccc(OS(C)(=O)=O)c2)ccc1OCC(=O)O. The van der Waals surface area contributed by atoms with Gasteiger partial charge in [0.05, 0.1) is 12.5 Å². The summed E-state index contributed by atoms with van der Waals surface area (Å²) < 4.78 is 61.9. The molecule has 3 aromatic carbocycles. The zero-order valence-corrected chi connectivity index (χ0v) is 23.2. The first-order valence-corrected chi connectivity index (χ1v) is 15.7. The molecule has 0 radical (unpaired) electrons. The molecule has 202 valence electrons. The van der Waals surface area contributed by atoms with E-state index in [1.807, 2.05) is 25.1 Å². The molecule has 0 fully saturated rings. The molecule has 0 spiro atoms. The van der Waals surface area contributed by atoms with E-state index >= 15 is 0 Å². The fraction of sp³-hybridized carbons (Fsp3) is 0.192. The molecule has 0 atom stereocenters. The van der Waals surface area contributed by atoms with E-state index < -0.39 is 32.8 Å². The van der Waals surface area contributed by atoms with Gasteiger partial charge in [0, 0.05) is 10.6 Å². The molecule has 3 aromatic rings. The summed E-state index contributed by atoms with van der Waals surface area (Å²) in [6.45, 7) is 1.40. The van der Waals surface area contributed by atoms with Gasteiger partial charge in [-0.3, -0.25) is 0 Å². The average Bonchev–Trinajstić information content (AvgIpc) is 2.79. The zero-order valence-electron chi connectivity index (χ0n) is 20.8. The van der Waals surface area contributed by atoms with Gasteiger partial charge in [-0.1, -0.05) is 30.3 Å². The molecule has 0 aromatic heterocycles. The number of aliphatic carboxylic acids is 1. The van der Waals surface area contributed by atoms with Crippen molar-refractivity contribution in [1.29, 1.82) is 0 Å². The monoisotopic (exact) mass is 578 g/mol. The number of ether oxygens (including phenoxy) is 1. The minimum Gasteiger partial charge on any atom is -0.482 e. The van der Waals surface area contributed by atoms with Crippen molar-refractivity contribution in [1.82, 2.24) is 0 Å². The lowest BCUT2D eigenvalue weighted by atomic mass is 9.97. The van der Waals surface area contributed by atoms with Crippen molar-refractivity contribution in [2.45, 2.75) is 11.8 Å². The number of carboxylic acid groups (broad SMARTS) is 1. The lowest BCUT2D eigenvalue weighted by Gasteiger charge is -2.13. The Morgan fingerprint density at radius 1 is 0.868 bits per heavy atom. The molecule has 1 N–H and O–H groups in total. The van der Waals surface area contributed by atoms with Crippen LogP contribution in [-0.2, 0) is 25.0 Å². The van der Waals surface area contributed by atoms with E-state index in [2.05, 4.69) is 0 Å². The maximum Gasteiger partial charge on any atom is 0.341 e. The highest BCUT2D eigenvalue weighted by Crippen LogP contribution is 2.31. The number of thioether (sulfide) groups is 1. The van der Waals surface area contributed by atoms with Crippen molar-refractivity contribution in [2.24, 2.45) is 0 Å². The normalized spacial score (nSPS) is 11.4. The first-order valence-electron chi connectivity index (χ1n) is 11.1. The van der Waals surface area contributed by atoms with Gasteiger partial charge in [-0.2, -0.15) is 16.8 Å². The second-order valence-corrected chi connectivity index (χ2v) is 12.4. The summed E-state index contributed by atoms with van der Waals surface area (Å²) in [7, 11) is -7.47. The van der Waals surface area contributed by atoms with E-state index in [1.54, 1.807) is 42.5 Å². The maximum absolute atomic E-state index is 11.6. The molecule has 0 unspecified atom stereocenters. The summed E-state index contributed by atoms with van der Waals surface area (Å²) in [6.07, 6.45) is 3.84. The van der Waals surface area contributed by atoms with Crippen LogP contribution in [0.4, 0.5) is 0 Å². The molecule has 0 aliphatic rings. The van der Waals surface area contributed by atoms with Crippen LogP contribution >= 0.6 is 11.8 Å². The lowest BCUT2D eigenvalue weighted by molar-refractivity contribution is -0.139. The van der Waals surface area contributed by atoms with Crippen LogP contribution < -0.4 is 13.1 Å². The van der Waals surface area contributed by atoms with Crippen LogP contribution in [0.25, 0.3) is 5.57 Å². The van der Waals surface area contributed by atoms with E-state index in [0.717, 1.165) is 23.0 Å². The van der Waals surface area contributed by atoms with E-state index in [9.17, 15) is 21.6 Å². The van der Waals surface area contributed by atoms with E-state index in [1.165, 1.54) is 23.9 Å². The molecule has 0 heterocycles. The van der Waals surface area contributed by atoms with Crippen molar-refractivity contribution in [3.8, 4) is 17.2 Å². The minimum absolute atomic E-state index is 0.139. The molecule has 3 rings (SSSR count). The third-order valence-electron chi connectivity index (χ3n) is 4.82. The van der Waals surface area contributed by atoms with Gasteiger partial charge >= 0.3 is 26.2 Å². The van der Waals surface area contributed by atoms with Gasteiger partial charge in [-0.25, -0.2) is 4.79 Å². The molecule has 12 heteroatoms. The highest BCUT2D eigenvalue weighted by atomic mass is 32.2. The van der Waals surface area contributed by atoms with Crippen LogP contribution in [0.1, 0.15) is 16.7 Å². The Labute approximate surface area is 226 Å². The van der Waals surface area contributed by atoms with Crippen LogP contribution in [0, 0.1) is 6.92 Å². The van der Waals surface area contributed by atoms with E-state index in [0.29, 0.717) is 28.2 Å². The standard InChI is InChI=1S/C26H26O9S3/c1-18-14-23(10-11-25(18)33-17-26(27)28)36-13-12-24(19-6-4-8-21(15-19)34-37(2,29)30)20-7-5-9-22(16-20)35-38(3,31)32/h4-12,14-16H,13,17H2,1-3H3,(H,27,28). The maximum atomic E-state index is 11.6. The van der Waals surface area contributed by atoms with Gasteiger partial charge in [-0.05, 0) is 71.7 Å². The van der Waals surface area contributed by atoms with Gasteiger partial charge in [0.1, 0.15) is 17.2 Å². The molecule has 0 bridgehead atoms.